The van der Waals surface area contributed by atoms with Gasteiger partial charge in [-0.05, 0) is 35.7 Å². The van der Waals surface area contributed by atoms with Gasteiger partial charge in [0, 0.05) is 17.5 Å². The van der Waals surface area contributed by atoms with E-state index in [4.69, 9.17) is 9.15 Å². The minimum atomic E-state index is -0.587. The average molecular weight is 340 g/mol. The van der Waals surface area contributed by atoms with Crippen LogP contribution in [0.5, 0.6) is 5.75 Å². The molecule has 0 amide bonds. The fourth-order valence-corrected chi connectivity index (χ4v) is 2.71. The summed E-state index contributed by atoms with van der Waals surface area (Å²) in [6.45, 7) is 2.03. The summed E-state index contributed by atoms with van der Waals surface area (Å²) in [7, 11) is 0. The predicted octanol–water partition coefficient (Wildman–Crippen LogP) is 4.03. The van der Waals surface area contributed by atoms with E-state index in [1.807, 2.05) is 6.92 Å². The first-order valence-corrected chi connectivity index (χ1v) is 8.07. The zero-order valence-corrected chi connectivity index (χ0v) is 13.8. The van der Waals surface area contributed by atoms with Crippen LogP contribution in [-0.2, 0) is 17.6 Å². The van der Waals surface area contributed by atoms with Crippen LogP contribution in [-0.4, -0.2) is 5.97 Å². The second-order valence-corrected chi connectivity index (χ2v) is 5.74. The van der Waals surface area contributed by atoms with E-state index in [0.29, 0.717) is 5.58 Å². The lowest BCUT2D eigenvalue weighted by Gasteiger charge is -2.08. The fraction of sp³-hybridized carbons (Fsp3) is 0.200. The van der Waals surface area contributed by atoms with Crippen LogP contribution >= 0.6 is 0 Å². The number of ether oxygens (including phenoxy) is 1. The van der Waals surface area contributed by atoms with Crippen molar-refractivity contribution in [2.75, 3.05) is 0 Å². The van der Waals surface area contributed by atoms with E-state index in [9.17, 15) is 14.0 Å². The van der Waals surface area contributed by atoms with Gasteiger partial charge in [-0.3, -0.25) is 4.79 Å². The number of carbonyl (C=O) groups excluding carboxylic acids is 1. The Morgan fingerprint density at radius 3 is 2.68 bits per heavy atom. The standard InChI is InChI=1S/C20H17FO4/c1-2-5-13-10-20(23)25-18-12-15(8-9-16(13)18)24-19(22)11-14-6-3-4-7-17(14)21/h3-4,6-10,12H,2,5,11H2,1H3. The highest BCUT2D eigenvalue weighted by Gasteiger charge is 2.12. The molecule has 0 fully saturated rings. The molecule has 5 heteroatoms. The van der Waals surface area contributed by atoms with Gasteiger partial charge >= 0.3 is 11.6 Å². The fourth-order valence-electron chi connectivity index (χ4n) is 2.71. The van der Waals surface area contributed by atoms with Crippen LogP contribution in [0.2, 0.25) is 0 Å². The molecule has 0 saturated heterocycles. The maximum atomic E-state index is 13.6. The van der Waals surface area contributed by atoms with Crippen molar-refractivity contribution in [2.45, 2.75) is 26.2 Å². The molecule has 0 aliphatic carbocycles. The molecule has 0 aliphatic rings. The maximum absolute atomic E-state index is 13.6. The number of hydrogen-bond acceptors (Lipinski definition) is 4. The van der Waals surface area contributed by atoms with Crippen LogP contribution in [0.15, 0.2) is 57.7 Å². The largest absolute Gasteiger partial charge is 0.426 e. The summed E-state index contributed by atoms with van der Waals surface area (Å²) in [5.41, 5.74) is 1.10. The van der Waals surface area contributed by atoms with Gasteiger partial charge in [-0.15, -0.1) is 0 Å². The van der Waals surface area contributed by atoms with Crippen molar-refractivity contribution in [1.29, 1.82) is 0 Å². The second kappa shape index (κ2) is 7.30. The van der Waals surface area contributed by atoms with E-state index in [0.717, 1.165) is 23.8 Å². The highest BCUT2D eigenvalue weighted by molar-refractivity contribution is 5.83. The normalized spacial score (nSPS) is 10.8. The maximum Gasteiger partial charge on any atom is 0.336 e. The molecule has 0 spiro atoms. The van der Waals surface area contributed by atoms with E-state index in [1.165, 1.54) is 24.3 Å². The summed E-state index contributed by atoms with van der Waals surface area (Å²) < 4.78 is 24.1. The number of hydrogen-bond donors (Lipinski definition) is 0. The van der Waals surface area contributed by atoms with E-state index in [2.05, 4.69) is 0 Å². The Labute approximate surface area is 143 Å². The van der Waals surface area contributed by atoms with Gasteiger partial charge in [-0.1, -0.05) is 31.5 Å². The van der Waals surface area contributed by atoms with E-state index in [1.54, 1.807) is 24.3 Å². The van der Waals surface area contributed by atoms with Crippen LogP contribution in [0.1, 0.15) is 24.5 Å². The Bertz CT molecular complexity index is 975. The molecule has 0 radical (unpaired) electrons. The zero-order valence-electron chi connectivity index (χ0n) is 13.8. The molecule has 2 aromatic carbocycles. The van der Waals surface area contributed by atoms with E-state index in [-0.39, 0.29) is 17.7 Å². The Hall–Kier alpha value is -2.95. The number of halogens is 1. The number of fused-ring (bicyclic) bond motifs is 1. The molecule has 0 atom stereocenters. The third-order valence-corrected chi connectivity index (χ3v) is 3.85. The van der Waals surface area contributed by atoms with Crippen LogP contribution in [0.25, 0.3) is 11.0 Å². The Balaban J connectivity index is 1.83. The highest BCUT2D eigenvalue weighted by atomic mass is 19.1. The van der Waals surface area contributed by atoms with Gasteiger partial charge < -0.3 is 9.15 Å². The first-order chi connectivity index (χ1) is 12.1. The molecule has 1 heterocycles. The van der Waals surface area contributed by atoms with Crippen LogP contribution in [0.3, 0.4) is 0 Å². The Morgan fingerprint density at radius 1 is 1.12 bits per heavy atom. The minimum Gasteiger partial charge on any atom is -0.426 e. The first-order valence-electron chi connectivity index (χ1n) is 8.07. The molecule has 0 saturated carbocycles. The van der Waals surface area contributed by atoms with Gasteiger partial charge in [0.15, 0.2) is 0 Å². The average Bonchev–Trinajstić information content (AvgIpc) is 2.57. The van der Waals surface area contributed by atoms with Crippen molar-refractivity contribution in [3.8, 4) is 5.75 Å². The topological polar surface area (TPSA) is 56.5 Å². The summed E-state index contributed by atoms with van der Waals surface area (Å²) in [6, 6.07) is 12.4. The molecule has 25 heavy (non-hydrogen) atoms. The monoisotopic (exact) mass is 340 g/mol. The SMILES string of the molecule is CCCc1cc(=O)oc2cc(OC(=O)Cc3ccccc3F)ccc12. The molecule has 128 valence electrons. The van der Waals surface area contributed by atoms with E-state index < -0.39 is 17.4 Å². The van der Waals surface area contributed by atoms with Crippen molar-refractivity contribution in [1.82, 2.24) is 0 Å². The molecule has 0 unspecified atom stereocenters. The lowest BCUT2D eigenvalue weighted by molar-refractivity contribution is -0.133. The number of rotatable bonds is 5. The quantitative estimate of drug-likeness (QED) is 0.400. The third kappa shape index (κ3) is 3.94. The highest BCUT2D eigenvalue weighted by Crippen LogP contribution is 2.24. The van der Waals surface area contributed by atoms with Gasteiger partial charge in [-0.2, -0.15) is 0 Å². The smallest absolute Gasteiger partial charge is 0.336 e. The van der Waals surface area contributed by atoms with Gasteiger partial charge in [0.25, 0.3) is 0 Å². The van der Waals surface area contributed by atoms with Gasteiger partial charge in [-0.25, -0.2) is 9.18 Å². The molecule has 0 N–H and O–H groups in total. The molecule has 0 aliphatic heterocycles. The van der Waals surface area contributed by atoms with Gasteiger partial charge in [0.2, 0.25) is 0 Å². The number of benzene rings is 2. The van der Waals surface area contributed by atoms with Crippen molar-refractivity contribution in [2.24, 2.45) is 0 Å². The summed E-state index contributed by atoms with van der Waals surface area (Å²) >= 11 is 0. The van der Waals surface area contributed by atoms with Crippen LogP contribution < -0.4 is 10.4 Å². The number of aryl methyl sites for hydroxylation is 1. The number of carbonyl (C=O) groups is 1. The molecular formula is C20H17FO4. The van der Waals surface area contributed by atoms with Crippen molar-refractivity contribution < 1.29 is 18.3 Å². The molecule has 0 bridgehead atoms. The van der Waals surface area contributed by atoms with Crippen LogP contribution in [0.4, 0.5) is 4.39 Å². The first kappa shape index (κ1) is 16.9. The molecular weight excluding hydrogens is 323 g/mol. The lowest BCUT2D eigenvalue weighted by atomic mass is 10.1. The minimum absolute atomic E-state index is 0.176. The second-order valence-electron chi connectivity index (χ2n) is 5.74. The lowest BCUT2D eigenvalue weighted by Crippen LogP contribution is -2.12. The third-order valence-electron chi connectivity index (χ3n) is 3.85. The number of esters is 1. The summed E-state index contributed by atoms with van der Waals surface area (Å²) in [4.78, 5) is 23.7. The zero-order chi connectivity index (χ0) is 17.8. The van der Waals surface area contributed by atoms with E-state index >= 15 is 0 Å². The molecule has 1 aromatic heterocycles. The molecule has 4 nitrogen and oxygen atoms in total. The summed E-state index contributed by atoms with van der Waals surface area (Å²) in [5.74, 6) is -0.782. The molecule has 3 aromatic rings. The van der Waals surface area contributed by atoms with Crippen LogP contribution in [0, 0.1) is 5.82 Å². The van der Waals surface area contributed by atoms with Crippen molar-refractivity contribution in [3.05, 3.63) is 75.9 Å². The summed E-state index contributed by atoms with van der Waals surface area (Å²) in [5, 5.41) is 0.815. The predicted molar refractivity (Wildman–Crippen MR) is 92.2 cm³/mol. The Kier molecular flexibility index (Phi) is 4.93. The van der Waals surface area contributed by atoms with Gasteiger partial charge in [0.1, 0.15) is 17.1 Å². The van der Waals surface area contributed by atoms with Crippen molar-refractivity contribution in [3.63, 3.8) is 0 Å². The van der Waals surface area contributed by atoms with Gasteiger partial charge in [0.05, 0.1) is 6.42 Å². The Morgan fingerprint density at radius 2 is 1.92 bits per heavy atom. The van der Waals surface area contributed by atoms with Crippen molar-refractivity contribution >= 4 is 16.9 Å². The summed E-state index contributed by atoms with van der Waals surface area (Å²) in [6.07, 6.45) is 1.48. The molecule has 3 rings (SSSR count).